The Bertz CT molecular complexity index is 208. The summed E-state index contributed by atoms with van der Waals surface area (Å²) in [6.07, 6.45) is 0.483. The van der Waals surface area contributed by atoms with E-state index in [1.54, 1.807) is 0 Å². The molecule has 14 heavy (non-hydrogen) atoms. The summed E-state index contributed by atoms with van der Waals surface area (Å²) >= 11 is 4.86. The van der Waals surface area contributed by atoms with Crippen molar-refractivity contribution in [1.82, 2.24) is 10.2 Å². The Morgan fingerprint density at radius 1 is 1.64 bits per heavy atom. The van der Waals surface area contributed by atoms with Crippen molar-refractivity contribution >= 4 is 23.1 Å². The van der Waals surface area contributed by atoms with E-state index in [1.165, 1.54) is 0 Å². The number of nitrogens with one attached hydrogen (secondary N) is 1. The molecule has 0 heterocycles. The van der Waals surface area contributed by atoms with Crippen molar-refractivity contribution < 1.29 is 4.79 Å². The molecule has 0 fully saturated rings. The van der Waals surface area contributed by atoms with Crippen LogP contribution in [-0.2, 0) is 4.79 Å². The maximum absolute atomic E-state index is 11.1. The predicted molar refractivity (Wildman–Crippen MR) is 62.2 cm³/mol. The average molecular weight is 217 g/mol. The van der Waals surface area contributed by atoms with E-state index in [0.717, 1.165) is 0 Å². The van der Waals surface area contributed by atoms with Gasteiger partial charge in [-0.25, -0.2) is 0 Å². The third-order valence-electron chi connectivity index (χ3n) is 2.14. The second-order valence-corrected chi connectivity index (χ2v) is 3.73. The predicted octanol–water partition coefficient (Wildman–Crippen LogP) is 0.119. The smallest absolute Gasteiger partial charge is 0.221 e. The molecule has 0 aromatic rings. The fraction of sp³-hybridized carbons (Fsp3) is 0.778. The van der Waals surface area contributed by atoms with E-state index in [4.69, 9.17) is 18.0 Å². The molecule has 1 amide bonds. The molecule has 4 nitrogen and oxygen atoms in total. The lowest BCUT2D eigenvalue weighted by molar-refractivity contribution is -0.121. The number of amides is 1. The molecule has 0 aliphatic heterocycles. The SMILES string of the molecule is CCNC(=O)CCN(C)C(C)C(N)=S. The van der Waals surface area contributed by atoms with Crippen LogP contribution < -0.4 is 11.1 Å². The highest BCUT2D eigenvalue weighted by Gasteiger charge is 2.12. The van der Waals surface area contributed by atoms with E-state index in [-0.39, 0.29) is 11.9 Å². The zero-order chi connectivity index (χ0) is 11.1. The summed E-state index contributed by atoms with van der Waals surface area (Å²) in [5.74, 6) is 0.0643. The molecule has 3 N–H and O–H groups in total. The largest absolute Gasteiger partial charge is 0.392 e. The van der Waals surface area contributed by atoms with Gasteiger partial charge in [0, 0.05) is 19.5 Å². The lowest BCUT2D eigenvalue weighted by Crippen LogP contribution is -2.40. The number of hydrogen-bond donors (Lipinski definition) is 2. The van der Waals surface area contributed by atoms with Crippen LogP contribution in [-0.4, -0.2) is 42.0 Å². The number of rotatable bonds is 6. The molecular formula is C9H19N3OS. The topological polar surface area (TPSA) is 58.4 Å². The van der Waals surface area contributed by atoms with Crippen molar-refractivity contribution in [1.29, 1.82) is 0 Å². The van der Waals surface area contributed by atoms with Crippen LogP contribution in [0, 0.1) is 0 Å². The molecule has 82 valence electrons. The van der Waals surface area contributed by atoms with Crippen LogP contribution in [0.5, 0.6) is 0 Å². The van der Waals surface area contributed by atoms with Crippen LogP contribution >= 0.6 is 12.2 Å². The van der Waals surface area contributed by atoms with E-state index in [0.29, 0.717) is 24.5 Å². The fourth-order valence-electron chi connectivity index (χ4n) is 0.974. The number of carbonyl (C=O) groups is 1. The molecule has 0 rings (SSSR count). The third-order valence-corrected chi connectivity index (χ3v) is 2.48. The van der Waals surface area contributed by atoms with Gasteiger partial charge in [-0.1, -0.05) is 12.2 Å². The quantitative estimate of drug-likeness (QED) is 0.620. The first-order valence-electron chi connectivity index (χ1n) is 4.75. The molecule has 0 aliphatic carbocycles. The molecule has 0 saturated heterocycles. The monoisotopic (exact) mass is 217 g/mol. The maximum Gasteiger partial charge on any atom is 0.221 e. The van der Waals surface area contributed by atoms with E-state index >= 15 is 0 Å². The number of carbonyl (C=O) groups excluding carboxylic acids is 1. The highest BCUT2D eigenvalue weighted by molar-refractivity contribution is 7.80. The van der Waals surface area contributed by atoms with Gasteiger partial charge in [-0.15, -0.1) is 0 Å². The van der Waals surface area contributed by atoms with E-state index in [1.807, 2.05) is 25.8 Å². The van der Waals surface area contributed by atoms with Crippen LogP contribution in [0.25, 0.3) is 0 Å². The molecule has 0 aromatic carbocycles. The van der Waals surface area contributed by atoms with Gasteiger partial charge in [0.2, 0.25) is 5.91 Å². The molecule has 1 atom stereocenters. The first kappa shape index (κ1) is 13.3. The summed E-state index contributed by atoms with van der Waals surface area (Å²) < 4.78 is 0. The van der Waals surface area contributed by atoms with Crippen molar-refractivity contribution in [3.8, 4) is 0 Å². The highest BCUT2D eigenvalue weighted by atomic mass is 32.1. The summed E-state index contributed by atoms with van der Waals surface area (Å²) in [6.45, 7) is 5.18. The summed E-state index contributed by atoms with van der Waals surface area (Å²) in [7, 11) is 1.91. The van der Waals surface area contributed by atoms with Crippen LogP contribution in [0.15, 0.2) is 0 Å². The normalized spacial score (nSPS) is 12.6. The summed E-state index contributed by atoms with van der Waals surface area (Å²) in [4.78, 5) is 13.6. The molecule has 0 aliphatic rings. The maximum atomic E-state index is 11.1. The fourth-order valence-corrected chi connectivity index (χ4v) is 1.15. The standard InChI is InChI=1S/C9H19N3OS/c1-4-11-8(13)5-6-12(3)7(2)9(10)14/h7H,4-6H2,1-3H3,(H2,10,14)(H,11,13). The van der Waals surface area contributed by atoms with Gasteiger partial charge in [0.25, 0.3) is 0 Å². The molecule has 0 saturated carbocycles. The minimum absolute atomic E-state index is 0.0411. The summed E-state index contributed by atoms with van der Waals surface area (Å²) in [6, 6.07) is 0.0411. The first-order chi connectivity index (χ1) is 6.49. The first-order valence-corrected chi connectivity index (χ1v) is 5.16. The Balaban J connectivity index is 3.78. The average Bonchev–Trinajstić information content (AvgIpc) is 2.13. The van der Waals surface area contributed by atoms with Gasteiger partial charge < -0.3 is 11.1 Å². The minimum atomic E-state index is 0.0411. The van der Waals surface area contributed by atoms with E-state index in [2.05, 4.69) is 5.32 Å². The van der Waals surface area contributed by atoms with Gasteiger partial charge >= 0.3 is 0 Å². The summed E-state index contributed by atoms with van der Waals surface area (Å²) in [5.41, 5.74) is 5.49. The highest BCUT2D eigenvalue weighted by Crippen LogP contribution is 1.97. The molecular weight excluding hydrogens is 198 g/mol. The van der Waals surface area contributed by atoms with Gasteiger partial charge in [-0.05, 0) is 20.9 Å². The Morgan fingerprint density at radius 3 is 2.64 bits per heavy atom. The van der Waals surface area contributed by atoms with Crippen molar-refractivity contribution in [2.75, 3.05) is 20.1 Å². The second kappa shape index (κ2) is 6.73. The number of nitrogens with two attached hydrogens (primary N) is 1. The Hall–Kier alpha value is -0.680. The Labute approximate surface area is 90.8 Å². The lowest BCUT2D eigenvalue weighted by atomic mass is 10.2. The third kappa shape index (κ3) is 5.14. The van der Waals surface area contributed by atoms with Gasteiger partial charge in [-0.2, -0.15) is 0 Å². The number of hydrogen-bond acceptors (Lipinski definition) is 3. The van der Waals surface area contributed by atoms with Gasteiger partial charge in [0.1, 0.15) is 0 Å². The lowest BCUT2D eigenvalue weighted by Gasteiger charge is -2.23. The van der Waals surface area contributed by atoms with Crippen LogP contribution in [0.2, 0.25) is 0 Å². The summed E-state index contributed by atoms with van der Waals surface area (Å²) in [5, 5.41) is 2.74. The minimum Gasteiger partial charge on any atom is -0.392 e. The Morgan fingerprint density at radius 2 is 2.21 bits per heavy atom. The van der Waals surface area contributed by atoms with Crippen LogP contribution in [0.3, 0.4) is 0 Å². The van der Waals surface area contributed by atoms with Crippen LogP contribution in [0.4, 0.5) is 0 Å². The molecule has 0 spiro atoms. The Kier molecular flexibility index (Phi) is 6.40. The second-order valence-electron chi connectivity index (χ2n) is 3.26. The number of thiocarbonyl (C=S) groups is 1. The van der Waals surface area contributed by atoms with Crippen molar-refractivity contribution in [2.45, 2.75) is 26.3 Å². The van der Waals surface area contributed by atoms with Crippen LogP contribution in [0.1, 0.15) is 20.3 Å². The number of nitrogens with zero attached hydrogens (tertiary/aromatic N) is 1. The van der Waals surface area contributed by atoms with Crippen molar-refractivity contribution in [3.63, 3.8) is 0 Å². The van der Waals surface area contributed by atoms with Gasteiger partial charge in [0.15, 0.2) is 0 Å². The van der Waals surface area contributed by atoms with Crippen molar-refractivity contribution in [3.05, 3.63) is 0 Å². The number of likely N-dealkylation sites (N-methyl/N-ethyl adjacent to an activating group) is 1. The molecule has 1 unspecified atom stereocenters. The molecule has 0 aromatic heterocycles. The molecule has 0 bridgehead atoms. The van der Waals surface area contributed by atoms with Crippen molar-refractivity contribution in [2.24, 2.45) is 5.73 Å². The van der Waals surface area contributed by atoms with Gasteiger partial charge in [0.05, 0.1) is 11.0 Å². The van der Waals surface area contributed by atoms with E-state index in [9.17, 15) is 4.79 Å². The molecule has 0 radical (unpaired) electrons. The zero-order valence-corrected chi connectivity index (χ0v) is 9.86. The van der Waals surface area contributed by atoms with Gasteiger partial charge in [-0.3, -0.25) is 9.69 Å². The zero-order valence-electron chi connectivity index (χ0n) is 9.04. The van der Waals surface area contributed by atoms with E-state index < -0.39 is 0 Å². The molecule has 5 heteroatoms.